The molecular weight excluding hydrogens is 229 g/mol. The summed E-state index contributed by atoms with van der Waals surface area (Å²) < 4.78 is 12.8. The third-order valence-corrected chi connectivity index (χ3v) is 3.32. The summed E-state index contributed by atoms with van der Waals surface area (Å²) in [4.78, 5) is 6.52. The second-order valence-corrected chi connectivity index (χ2v) is 4.99. The van der Waals surface area contributed by atoms with E-state index in [1.165, 1.54) is 25.0 Å². The lowest BCUT2D eigenvalue weighted by Gasteiger charge is -2.31. The van der Waals surface area contributed by atoms with Crippen molar-refractivity contribution >= 4 is 5.96 Å². The van der Waals surface area contributed by atoms with E-state index < -0.39 is 0 Å². The highest BCUT2D eigenvalue weighted by atomic mass is 19.1. The van der Waals surface area contributed by atoms with Crippen LogP contribution in [0.15, 0.2) is 29.3 Å². The normalized spacial score (nSPS) is 21.1. The number of piperidine rings is 1. The van der Waals surface area contributed by atoms with Gasteiger partial charge in [-0.15, -0.1) is 0 Å². The molecule has 0 radical (unpaired) electrons. The first-order valence-corrected chi connectivity index (χ1v) is 6.44. The van der Waals surface area contributed by atoms with Crippen molar-refractivity contribution in [1.82, 2.24) is 4.90 Å². The number of benzene rings is 1. The van der Waals surface area contributed by atoms with E-state index in [9.17, 15) is 4.39 Å². The van der Waals surface area contributed by atoms with E-state index in [1.54, 1.807) is 12.1 Å². The van der Waals surface area contributed by atoms with Crippen LogP contribution < -0.4 is 5.73 Å². The van der Waals surface area contributed by atoms with Crippen LogP contribution in [0, 0.1) is 11.7 Å². The van der Waals surface area contributed by atoms with Gasteiger partial charge in [0.25, 0.3) is 0 Å². The van der Waals surface area contributed by atoms with E-state index >= 15 is 0 Å². The molecule has 0 amide bonds. The molecule has 2 rings (SSSR count). The van der Waals surface area contributed by atoms with Crippen LogP contribution in [-0.2, 0) is 6.54 Å². The summed E-state index contributed by atoms with van der Waals surface area (Å²) in [5.41, 5.74) is 6.97. The van der Waals surface area contributed by atoms with Crippen molar-refractivity contribution in [3.8, 4) is 0 Å². The standard InChI is InChI=1S/C14H20FN3/c1-11-3-2-8-18(10-11)14(16)17-9-12-4-6-13(15)7-5-12/h4-7,11H,2-3,8-10H2,1H3,(H2,16,17). The summed E-state index contributed by atoms with van der Waals surface area (Å²) in [5.74, 6) is 1.06. The summed E-state index contributed by atoms with van der Waals surface area (Å²) >= 11 is 0. The average molecular weight is 249 g/mol. The summed E-state index contributed by atoms with van der Waals surface area (Å²) in [5, 5.41) is 0. The topological polar surface area (TPSA) is 41.6 Å². The number of hydrogen-bond acceptors (Lipinski definition) is 1. The van der Waals surface area contributed by atoms with Gasteiger partial charge in [0.1, 0.15) is 5.82 Å². The highest BCUT2D eigenvalue weighted by Gasteiger charge is 2.17. The van der Waals surface area contributed by atoms with E-state index in [2.05, 4.69) is 16.8 Å². The Hall–Kier alpha value is -1.58. The van der Waals surface area contributed by atoms with Crippen molar-refractivity contribution in [3.63, 3.8) is 0 Å². The minimum Gasteiger partial charge on any atom is -0.370 e. The fourth-order valence-corrected chi connectivity index (χ4v) is 2.26. The Morgan fingerprint density at radius 3 is 2.83 bits per heavy atom. The van der Waals surface area contributed by atoms with Gasteiger partial charge in [-0.05, 0) is 36.5 Å². The van der Waals surface area contributed by atoms with Crippen LogP contribution in [0.2, 0.25) is 0 Å². The number of nitrogens with zero attached hydrogens (tertiary/aromatic N) is 2. The number of nitrogens with two attached hydrogens (primary N) is 1. The molecule has 3 nitrogen and oxygen atoms in total. The lowest BCUT2D eigenvalue weighted by molar-refractivity contribution is 0.270. The van der Waals surface area contributed by atoms with Crippen LogP contribution in [0.3, 0.4) is 0 Å². The van der Waals surface area contributed by atoms with Crippen molar-refractivity contribution in [2.75, 3.05) is 13.1 Å². The first kappa shape index (κ1) is 12.9. The molecular formula is C14H20FN3. The molecule has 1 heterocycles. The van der Waals surface area contributed by atoms with E-state index in [0.717, 1.165) is 18.7 Å². The molecule has 2 N–H and O–H groups in total. The zero-order valence-corrected chi connectivity index (χ0v) is 10.8. The predicted octanol–water partition coefficient (Wildman–Crippen LogP) is 2.37. The Morgan fingerprint density at radius 1 is 1.44 bits per heavy atom. The van der Waals surface area contributed by atoms with Crippen molar-refractivity contribution in [3.05, 3.63) is 35.6 Å². The minimum atomic E-state index is -0.222. The minimum absolute atomic E-state index is 0.222. The van der Waals surface area contributed by atoms with Gasteiger partial charge in [-0.1, -0.05) is 19.1 Å². The molecule has 1 unspecified atom stereocenters. The molecule has 1 aromatic carbocycles. The third-order valence-electron chi connectivity index (χ3n) is 3.32. The summed E-state index contributed by atoms with van der Waals surface area (Å²) in [7, 11) is 0. The molecule has 1 saturated heterocycles. The van der Waals surface area contributed by atoms with Crippen molar-refractivity contribution in [1.29, 1.82) is 0 Å². The van der Waals surface area contributed by atoms with Gasteiger partial charge in [-0.2, -0.15) is 0 Å². The molecule has 1 aliphatic heterocycles. The first-order valence-electron chi connectivity index (χ1n) is 6.44. The highest BCUT2D eigenvalue weighted by molar-refractivity contribution is 5.78. The molecule has 0 aromatic heterocycles. The zero-order chi connectivity index (χ0) is 13.0. The fourth-order valence-electron chi connectivity index (χ4n) is 2.26. The Morgan fingerprint density at radius 2 is 2.17 bits per heavy atom. The van der Waals surface area contributed by atoms with Crippen LogP contribution in [0.4, 0.5) is 4.39 Å². The van der Waals surface area contributed by atoms with E-state index in [1.807, 2.05) is 0 Å². The molecule has 1 fully saturated rings. The molecule has 0 saturated carbocycles. The zero-order valence-electron chi connectivity index (χ0n) is 10.8. The first-order chi connectivity index (χ1) is 8.65. The smallest absolute Gasteiger partial charge is 0.191 e. The molecule has 1 aromatic rings. The van der Waals surface area contributed by atoms with Gasteiger partial charge < -0.3 is 10.6 Å². The van der Waals surface area contributed by atoms with Crippen LogP contribution in [-0.4, -0.2) is 23.9 Å². The van der Waals surface area contributed by atoms with Crippen molar-refractivity contribution < 1.29 is 4.39 Å². The van der Waals surface area contributed by atoms with Gasteiger partial charge in [0.15, 0.2) is 5.96 Å². The Kier molecular flexibility index (Phi) is 4.18. The molecule has 4 heteroatoms. The Labute approximate surface area is 108 Å². The van der Waals surface area contributed by atoms with Gasteiger partial charge in [-0.3, -0.25) is 0 Å². The quantitative estimate of drug-likeness (QED) is 0.646. The SMILES string of the molecule is CC1CCCN(C(N)=NCc2ccc(F)cc2)C1. The number of guanidine groups is 1. The fraction of sp³-hybridized carbons (Fsp3) is 0.500. The maximum Gasteiger partial charge on any atom is 0.191 e. The highest BCUT2D eigenvalue weighted by Crippen LogP contribution is 2.15. The molecule has 0 bridgehead atoms. The molecule has 0 aliphatic carbocycles. The summed E-state index contributed by atoms with van der Waals surface area (Å²) in [6.07, 6.45) is 2.44. The lowest BCUT2D eigenvalue weighted by Crippen LogP contribution is -2.43. The maximum atomic E-state index is 12.8. The van der Waals surface area contributed by atoms with E-state index in [4.69, 9.17) is 5.73 Å². The average Bonchev–Trinajstić information content (AvgIpc) is 2.38. The van der Waals surface area contributed by atoms with Crippen molar-refractivity contribution in [2.45, 2.75) is 26.3 Å². The lowest BCUT2D eigenvalue weighted by atomic mass is 10.0. The number of aliphatic imine (C=N–C) groups is 1. The van der Waals surface area contributed by atoms with Crippen LogP contribution in [0.5, 0.6) is 0 Å². The van der Waals surface area contributed by atoms with Gasteiger partial charge in [0.05, 0.1) is 6.54 Å². The number of hydrogen-bond donors (Lipinski definition) is 1. The van der Waals surface area contributed by atoms with Crippen molar-refractivity contribution in [2.24, 2.45) is 16.6 Å². The molecule has 0 spiro atoms. The predicted molar refractivity (Wildman–Crippen MR) is 71.7 cm³/mol. The van der Waals surface area contributed by atoms with Gasteiger partial charge in [0.2, 0.25) is 0 Å². The molecule has 1 aliphatic rings. The van der Waals surface area contributed by atoms with Crippen LogP contribution in [0.1, 0.15) is 25.3 Å². The van der Waals surface area contributed by atoms with Crippen LogP contribution in [0.25, 0.3) is 0 Å². The summed E-state index contributed by atoms with van der Waals surface area (Å²) in [6, 6.07) is 6.38. The number of halogens is 1. The second-order valence-electron chi connectivity index (χ2n) is 4.99. The van der Waals surface area contributed by atoms with Gasteiger partial charge in [-0.25, -0.2) is 9.38 Å². The molecule has 98 valence electrons. The third kappa shape index (κ3) is 3.45. The van der Waals surface area contributed by atoms with Gasteiger partial charge >= 0.3 is 0 Å². The second kappa shape index (κ2) is 5.85. The molecule has 18 heavy (non-hydrogen) atoms. The Bertz CT molecular complexity index is 414. The molecule has 1 atom stereocenters. The largest absolute Gasteiger partial charge is 0.370 e. The number of rotatable bonds is 2. The van der Waals surface area contributed by atoms with Crippen LogP contribution >= 0.6 is 0 Å². The Balaban J connectivity index is 1.93. The number of likely N-dealkylation sites (tertiary alicyclic amines) is 1. The van der Waals surface area contributed by atoms with E-state index in [-0.39, 0.29) is 5.82 Å². The van der Waals surface area contributed by atoms with Gasteiger partial charge in [0, 0.05) is 13.1 Å². The summed E-state index contributed by atoms with van der Waals surface area (Å²) in [6.45, 7) is 4.72. The van der Waals surface area contributed by atoms with E-state index in [0.29, 0.717) is 18.4 Å². The maximum absolute atomic E-state index is 12.8. The monoisotopic (exact) mass is 249 g/mol.